The molecule has 5 nitrogen and oxygen atoms in total. The van der Waals surface area contributed by atoms with Crippen molar-refractivity contribution in [1.29, 1.82) is 0 Å². The van der Waals surface area contributed by atoms with E-state index in [1.807, 2.05) is 12.1 Å². The van der Waals surface area contributed by atoms with Crippen LogP contribution in [0.15, 0.2) is 24.3 Å². The zero-order chi connectivity index (χ0) is 13.9. The average molecular weight is 293 g/mol. The Hall–Kier alpha value is -1.56. The minimum atomic E-state index is 0.480. The van der Waals surface area contributed by atoms with Crippen LogP contribution in [0.25, 0.3) is 11.3 Å². The summed E-state index contributed by atoms with van der Waals surface area (Å²) >= 11 is 6.38. The van der Waals surface area contributed by atoms with E-state index in [2.05, 4.69) is 21.2 Å². The molecule has 0 aliphatic carbocycles. The highest BCUT2D eigenvalue weighted by molar-refractivity contribution is 6.31. The number of aromatic nitrogens is 2. The SMILES string of the molecule is Nc1cc(-c2ccc(CN3CCOCC3)c(Cl)c2)[nH]n1. The van der Waals surface area contributed by atoms with Gasteiger partial charge in [-0.2, -0.15) is 5.10 Å². The van der Waals surface area contributed by atoms with E-state index in [0.717, 1.165) is 54.7 Å². The molecule has 1 aromatic heterocycles. The second kappa shape index (κ2) is 5.83. The van der Waals surface area contributed by atoms with Crippen LogP contribution in [0, 0.1) is 0 Å². The molecule has 1 aliphatic heterocycles. The van der Waals surface area contributed by atoms with Crippen molar-refractivity contribution in [2.45, 2.75) is 6.54 Å². The molecule has 1 saturated heterocycles. The van der Waals surface area contributed by atoms with Gasteiger partial charge in [0.15, 0.2) is 0 Å². The molecule has 2 heterocycles. The van der Waals surface area contributed by atoms with Gasteiger partial charge in [-0.3, -0.25) is 10.00 Å². The molecular weight excluding hydrogens is 276 g/mol. The molecule has 1 aliphatic rings. The Labute approximate surface area is 122 Å². The fraction of sp³-hybridized carbons (Fsp3) is 0.357. The summed E-state index contributed by atoms with van der Waals surface area (Å²) in [7, 11) is 0. The predicted octanol–water partition coefficient (Wildman–Crippen LogP) is 2.14. The van der Waals surface area contributed by atoms with Crippen molar-refractivity contribution in [3.63, 3.8) is 0 Å². The van der Waals surface area contributed by atoms with E-state index in [0.29, 0.717) is 5.82 Å². The third kappa shape index (κ3) is 2.95. The first-order valence-electron chi connectivity index (χ1n) is 6.62. The monoisotopic (exact) mass is 292 g/mol. The molecule has 2 aromatic rings. The Kier molecular flexibility index (Phi) is 3.91. The maximum Gasteiger partial charge on any atom is 0.145 e. The molecule has 6 heteroatoms. The molecule has 20 heavy (non-hydrogen) atoms. The van der Waals surface area contributed by atoms with Crippen LogP contribution < -0.4 is 5.73 Å². The van der Waals surface area contributed by atoms with Crippen LogP contribution in [0.2, 0.25) is 5.02 Å². The van der Waals surface area contributed by atoms with Crippen LogP contribution in [-0.4, -0.2) is 41.4 Å². The molecule has 1 aromatic carbocycles. The number of H-pyrrole nitrogens is 1. The van der Waals surface area contributed by atoms with Crippen molar-refractivity contribution in [2.75, 3.05) is 32.0 Å². The van der Waals surface area contributed by atoms with Crippen molar-refractivity contribution in [3.8, 4) is 11.3 Å². The Morgan fingerprint density at radius 1 is 1.30 bits per heavy atom. The first-order chi connectivity index (χ1) is 9.72. The maximum absolute atomic E-state index is 6.38. The highest BCUT2D eigenvalue weighted by Crippen LogP contribution is 2.26. The lowest BCUT2D eigenvalue weighted by Crippen LogP contribution is -2.35. The zero-order valence-electron chi connectivity index (χ0n) is 11.1. The summed E-state index contributed by atoms with van der Waals surface area (Å²) < 4.78 is 5.35. The third-order valence-electron chi connectivity index (χ3n) is 3.46. The Morgan fingerprint density at radius 2 is 2.10 bits per heavy atom. The van der Waals surface area contributed by atoms with Crippen molar-refractivity contribution >= 4 is 17.4 Å². The summed E-state index contributed by atoms with van der Waals surface area (Å²) in [6.07, 6.45) is 0. The number of halogens is 1. The van der Waals surface area contributed by atoms with Gasteiger partial charge in [0.05, 0.1) is 18.9 Å². The van der Waals surface area contributed by atoms with Gasteiger partial charge in [-0.25, -0.2) is 0 Å². The first kappa shape index (κ1) is 13.4. The smallest absolute Gasteiger partial charge is 0.145 e. The van der Waals surface area contributed by atoms with Crippen molar-refractivity contribution in [1.82, 2.24) is 15.1 Å². The van der Waals surface area contributed by atoms with E-state index in [9.17, 15) is 0 Å². The van der Waals surface area contributed by atoms with Crippen LogP contribution in [0.1, 0.15) is 5.56 Å². The highest BCUT2D eigenvalue weighted by atomic mass is 35.5. The molecule has 0 atom stereocenters. The van der Waals surface area contributed by atoms with Crippen LogP contribution in [0.4, 0.5) is 5.82 Å². The second-order valence-corrected chi connectivity index (χ2v) is 5.31. The van der Waals surface area contributed by atoms with E-state index in [1.54, 1.807) is 6.07 Å². The molecule has 0 bridgehead atoms. The minimum Gasteiger partial charge on any atom is -0.382 e. The van der Waals surface area contributed by atoms with Crippen molar-refractivity contribution in [3.05, 3.63) is 34.9 Å². The lowest BCUT2D eigenvalue weighted by Gasteiger charge is -2.26. The number of hydrogen-bond acceptors (Lipinski definition) is 4. The van der Waals surface area contributed by atoms with Gasteiger partial charge in [0.1, 0.15) is 5.82 Å². The number of hydrogen-bond donors (Lipinski definition) is 2. The molecular formula is C14H17ClN4O. The van der Waals surface area contributed by atoms with Crippen molar-refractivity contribution in [2.24, 2.45) is 0 Å². The molecule has 106 valence electrons. The maximum atomic E-state index is 6.38. The predicted molar refractivity (Wildman–Crippen MR) is 79.5 cm³/mol. The number of nitrogen functional groups attached to an aromatic ring is 1. The first-order valence-corrected chi connectivity index (χ1v) is 7.00. The van der Waals surface area contributed by atoms with Gasteiger partial charge in [-0.1, -0.05) is 23.7 Å². The average Bonchev–Trinajstić information content (AvgIpc) is 2.89. The summed E-state index contributed by atoms with van der Waals surface area (Å²) in [5.74, 6) is 0.480. The van der Waals surface area contributed by atoms with Gasteiger partial charge in [0, 0.05) is 36.3 Å². The fourth-order valence-electron chi connectivity index (χ4n) is 2.33. The number of rotatable bonds is 3. The number of morpholine rings is 1. The Balaban J connectivity index is 1.76. The zero-order valence-corrected chi connectivity index (χ0v) is 11.9. The quantitative estimate of drug-likeness (QED) is 0.909. The van der Waals surface area contributed by atoms with Gasteiger partial charge in [0.25, 0.3) is 0 Å². The molecule has 0 unspecified atom stereocenters. The van der Waals surface area contributed by atoms with Gasteiger partial charge < -0.3 is 10.5 Å². The number of nitrogens with two attached hydrogens (primary N) is 1. The van der Waals surface area contributed by atoms with Crippen LogP contribution >= 0.6 is 11.6 Å². The molecule has 0 spiro atoms. The van der Waals surface area contributed by atoms with Crippen LogP contribution in [0.3, 0.4) is 0 Å². The Bertz CT molecular complexity index is 593. The summed E-state index contributed by atoms with van der Waals surface area (Å²) in [6.45, 7) is 4.35. The van der Waals surface area contributed by atoms with E-state index >= 15 is 0 Å². The normalized spacial score (nSPS) is 16.4. The van der Waals surface area contributed by atoms with Gasteiger partial charge in [-0.15, -0.1) is 0 Å². The molecule has 1 fully saturated rings. The number of nitrogens with one attached hydrogen (secondary N) is 1. The summed E-state index contributed by atoms with van der Waals surface area (Å²) in [4.78, 5) is 2.35. The second-order valence-electron chi connectivity index (χ2n) is 4.90. The largest absolute Gasteiger partial charge is 0.382 e. The summed E-state index contributed by atoms with van der Waals surface area (Å²) in [5, 5.41) is 7.58. The fourth-order valence-corrected chi connectivity index (χ4v) is 2.57. The van der Waals surface area contributed by atoms with Gasteiger partial charge in [-0.05, 0) is 11.6 Å². The van der Waals surface area contributed by atoms with Crippen molar-refractivity contribution < 1.29 is 4.74 Å². The lowest BCUT2D eigenvalue weighted by atomic mass is 10.1. The van der Waals surface area contributed by atoms with E-state index in [-0.39, 0.29) is 0 Å². The molecule has 0 radical (unpaired) electrons. The molecule has 0 amide bonds. The number of aromatic amines is 1. The van der Waals surface area contributed by atoms with E-state index < -0.39 is 0 Å². The molecule has 3 N–H and O–H groups in total. The lowest BCUT2D eigenvalue weighted by molar-refractivity contribution is 0.0342. The highest BCUT2D eigenvalue weighted by Gasteiger charge is 2.13. The number of benzene rings is 1. The van der Waals surface area contributed by atoms with E-state index in [4.69, 9.17) is 22.1 Å². The molecule has 3 rings (SSSR count). The Morgan fingerprint density at radius 3 is 2.75 bits per heavy atom. The number of nitrogens with zero attached hydrogens (tertiary/aromatic N) is 2. The molecule has 0 saturated carbocycles. The standard InChI is InChI=1S/C14H17ClN4O/c15-12-7-10(13-8-14(16)18-17-13)1-2-11(12)9-19-3-5-20-6-4-19/h1-2,7-8H,3-6,9H2,(H3,16,17,18). The van der Waals surface area contributed by atoms with Crippen LogP contribution in [-0.2, 0) is 11.3 Å². The van der Waals surface area contributed by atoms with Gasteiger partial charge >= 0.3 is 0 Å². The van der Waals surface area contributed by atoms with Crippen LogP contribution in [0.5, 0.6) is 0 Å². The minimum absolute atomic E-state index is 0.480. The van der Waals surface area contributed by atoms with E-state index in [1.165, 1.54) is 0 Å². The van der Waals surface area contributed by atoms with Gasteiger partial charge in [0.2, 0.25) is 0 Å². The summed E-state index contributed by atoms with van der Waals surface area (Å²) in [6, 6.07) is 7.84. The number of anilines is 1. The number of ether oxygens (including phenoxy) is 1. The third-order valence-corrected chi connectivity index (χ3v) is 3.81. The topological polar surface area (TPSA) is 67.2 Å². The summed E-state index contributed by atoms with van der Waals surface area (Å²) in [5.41, 5.74) is 8.61.